The van der Waals surface area contributed by atoms with Gasteiger partial charge in [-0.15, -0.1) is 0 Å². The number of hydrogen-bond donors (Lipinski definition) is 0. The van der Waals surface area contributed by atoms with Crippen molar-refractivity contribution >= 4 is 10.2 Å². The van der Waals surface area contributed by atoms with Gasteiger partial charge < -0.3 is 4.74 Å². The van der Waals surface area contributed by atoms with Crippen LogP contribution in [-0.2, 0) is 10.2 Å². The predicted octanol–water partition coefficient (Wildman–Crippen LogP) is -0.125. The van der Waals surface area contributed by atoms with E-state index in [1.807, 2.05) is 0 Å². The molecule has 0 N–H and O–H groups in total. The first-order chi connectivity index (χ1) is 8.89. The Kier molecular flexibility index (Phi) is 3.97. The highest BCUT2D eigenvalue weighted by Gasteiger charge is 2.34. The lowest BCUT2D eigenvalue weighted by Crippen LogP contribution is -2.39. The number of halogens is 1. The molecule has 7 nitrogen and oxygen atoms in total. The first kappa shape index (κ1) is 14.1. The third-order valence-corrected chi connectivity index (χ3v) is 4.67. The van der Waals surface area contributed by atoms with E-state index < -0.39 is 16.0 Å². The molecule has 1 aliphatic rings. The van der Waals surface area contributed by atoms with Gasteiger partial charge in [0.05, 0.1) is 18.9 Å². The highest BCUT2D eigenvalue weighted by molar-refractivity contribution is 7.86. The maximum atomic E-state index is 12.6. The van der Waals surface area contributed by atoms with Gasteiger partial charge in [0.25, 0.3) is 10.2 Å². The summed E-state index contributed by atoms with van der Waals surface area (Å²) in [6.07, 6.45) is 2.24. The van der Waals surface area contributed by atoms with Gasteiger partial charge in [-0.25, -0.2) is 14.4 Å². The number of hydrogen-bond acceptors (Lipinski definition) is 5. The Morgan fingerprint density at radius 1 is 1.42 bits per heavy atom. The summed E-state index contributed by atoms with van der Waals surface area (Å²) in [7, 11) is -0.465. The maximum absolute atomic E-state index is 12.6. The van der Waals surface area contributed by atoms with Crippen LogP contribution in [0.4, 0.5) is 4.39 Å². The number of aromatic nitrogens is 2. The summed E-state index contributed by atoms with van der Waals surface area (Å²) < 4.78 is 44.3. The molecule has 106 valence electrons. The van der Waals surface area contributed by atoms with E-state index in [9.17, 15) is 12.8 Å². The van der Waals surface area contributed by atoms with E-state index >= 15 is 0 Å². The average molecular weight is 290 g/mol. The van der Waals surface area contributed by atoms with Crippen molar-refractivity contribution in [3.05, 3.63) is 18.2 Å². The molecule has 0 radical (unpaired) electrons. The molecule has 0 aliphatic carbocycles. The Hall–Kier alpha value is -1.32. The Bertz CT molecular complexity index is 534. The zero-order chi connectivity index (χ0) is 14.0. The van der Waals surface area contributed by atoms with Crippen molar-refractivity contribution in [1.82, 2.24) is 18.6 Å². The van der Waals surface area contributed by atoms with Gasteiger partial charge in [0.15, 0.2) is 5.82 Å². The molecule has 2 rings (SSSR count). The van der Waals surface area contributed by atoms with Gasteiger partial charge in [0.1, 0.15) is 6.10 Å². The lowest BCUT2D eigenvalue weighted by molar-refractivity contribution is 0.196. The molecule has 19 heavy (non-hydrogen) atoms. The zero-order valence-corrected chi connectivity index (χ0v) is 11.5. The van der Waals surface area contributed by atoms with Crippen LogP contribution in [0.1, 0.15) is 6.42 Å². The van der Waals surface area contributed by atoms with E-state index in [1.54, 1.807) is 0 Å². The summed E-state index contributed by atoms with van der Waals surface area (Å²) in [5, 5.41) is 0. The minimum Gasteiger partial charge on any atom is -0.459 e. The number of nitrogens with zero attached hydrogens (tertiary/aromatic N) is 4. The SMILES string of the molecule is CN(C)S(=O)(=O)N1CCC(Oc2ncc(F)cn2)C1. The molecule has 1 saturated heterocycles. The molecule has 0 aromatic carbocycles. The third kappa shape index (κ3) is 3.17. The average Bonchev–Trinajstić information content (AvgIpc) is 2.81. The molecule has 1 atom stereocenters. The standard InChI is InChI=1S/C10H15FN4O3S/c1-14(2)19(16,17)15-4-3-9(7-15)18-10-12-5-8(11)6-13-10/h5-6,9H,3-4,7H2,1-2H3. The quantitative estimate of drug-likeness (QED) is 0.772. The van der Waals surface area contributed by atoms with Crippen molar-refractivity contribution in [1.29, 1.82) is 0 Å². The highest BCUT2D eigenvalue weighted by atomic mass is 32.2. The van der Waals surface area contributed by atoms with Gasteiger partial charge in [-0.05, 0) is 6.42 Å². The Morgan fingerprint density at radius 3 is 2.63 bits per heavy atom. The van der Waals surface area contributed by atoms with Gasteiger partial charge in [-0.2, -0.15) is 17.0 Å². The summed E-state index contributed by atoms with van der Waals surface area (Å²) in [5.74, 6) is -0.546. The molecule has 9 heteroatoms. The van der Waals surface area contributed by atoms with Crippen LogP contribution in [0.25, 0.3) is 0 Å². The van der Waals surface area contributed by atoms with Crippen molar-refractivity contribution in [2.45, 2.75) is 12.5 Å². The molecule has 1 unspecified atom stereocenters. The molecule has 1 aromatic heterocycles. The number of ether oxygens (including phenoxy) is 1. The maximum Gasteiger partial charge on any atom is 0.316 e. The molecule has 1 fully saturated rings. The predicted molar refractivity (Wildman–Crippen MR) is 65.2 cm³/mol. The molecule has 0 spiro atoms. The normalized spacial score (nSPS) is 20.9. The monoisotopic (exact) mass is 290 g/mol. The van der Waals surface area contributed by atoms with Gasteiger partial charge in [-0.1, -0.05) is 0 Å². The van der Waals surface area contributed by atoms with Crippen LogP contribution in [0.2, 0.25) is 0 Å². The molecule has 0 amide bonds. The number of rotatable bonds is 4. The van der Waals surface area contributed by atoms with Gasteiger partial charge in [-0.3, -0.25) is 0 Å². The second-order valence-electron chi connectivity index (χ2n) is 4.36. The Labute approximate surface area is 111 Å². The van der Waals surface area contributed by atoms with Crippen molar-refractivity contribution in [2.24, 2.45) is 0 Å². The molecular formula is C10H15FN4O3S. The summed E-state index contributed by atoms with van der Waals surface area (Å²) >= 11 is 0. The van der Waals surface area contributed by atoms with Crippen LogP contribution in [0.15, 0.2) is 12.4 Å². The highest BCUT2D eigenvalue weighted by Crippen LogP contribution is 2.18. The van der Waals surface area contributed by atoms with E-state index in [0.29, 0.717) is 13.0 Å². The van der Waals surface area contributed by atoms with Crippen LogP contribution >= 0.6 is 0 Å². The smallest absolute Gasteiger partial charge is 0.316 e. The van der Waals surface area contributed by atoms with E-state index in [-0.39, 0.29) is 18.7 Å². The van der Waals surface area contributed by atoms with Crippen LogP contribution in [0.3, 0.4) is 0 Å². The van der Waals surface area contributed by atoms with E-state index in [2.05, 4.69) is 9.97 Å². The van der Waals surface area contributed by atoms with Crippen LogP contribution < -0.4 is 4.74 Å². The molecule has 0 saturated carbocycles. The van der Waals surface area contributed by atoms with E-state index in [0.717, 1.165) is 16.7 Å². The first-order valence-electron chi connectivity index (χ1n) is 5.71. The molecule has 0 bridgehead atoms. The van der Waals surface area contributed by atoms with E-state index in [4.69, 9.17) is 4.74 Å². The zero-order valence-electron chi connectivity index (χ0n) is 10.7. The lowest BCUT2D eigenvalue weighted by atomic mass is 10.3. The minimum atomic E-state index is -3.42. The summed E-state index contributed by atoms with van der Waals surface area (Å²) in [4.78, 5) is 7.35. The summed E-state index contributed by atoms with van der Waals surface area (Å²) in [6.45, 7) is 0.619. The fourth-order valence-corrected chi connectivity index (χ4v) is 2.90. The van der Waals surface area contributed by atoms with Crippen molar-refractivity contribution in [3.8, 4) is 6.01 Å². The van der Waals surface area contributed by atoms with Crippen LogP contribution in [0, 0.1) is 5.82 Å². The van der Waals surface area contributed by atoms with Gasteiger partial charge in [0.2, 0.25) is 0 Å². The summed E-state index contributed by atoms with van der Waals surface area (Å²) in [5.41, 5.74) is 0. The van der Waals surface area contributed by atoms with Crippen LogP contribution in [-0.4, -0.2) is 60.3 Å². The topological polar surface area (TPSA) is 75.6 Å². The fraction of sp³-hybridized carbons (Fsp3) is 0.600. The van der Waals surface area contributed by atoms with Crippen LogP contribution in [0.5, 0.6) is 6.01 Å². The van der Waals surface area contributed by atoms with Crippen molar-refractivity contribution in [2.75, 3.05) is 27.2 Å². The van der Waals surface area contributed by atoms with Crippen molar-refractivity contribution < 1.29 is 17.5 Å². The first-order valence-corrected chi connectivity index (χ1v) is 7.11. The van der Waals surface area contributed by atoms with Crippen molar-refractivity contribution in [3.63, 3.8) is 0 Å². The minimum absolute atomic E-state index is 0.0514. The van der Waals surface area contributed by atoms with Gasteiger partial charge in [0, 0.05) is 20.6 Å². The third-order valence-electron chi connectivity index (χ3n) is 2.76. The second kappa shape index (κ2) is 5.35. The second-order valence-corrected chi connectivity index (χ2v) is 6.50. The van der Waals surface area contributed by atoms with Gasteiger partial charge >= 0.3 is 6.01 Å². The lowest BCUT2D eigenvalue weighted by Gasteiger charge is -2.20. The summed E-state index contributed by atoms with van der Waals surface area (Å²) in [6, 6.07) is 0.0514. The largest absolute Gasteiger partial charge is 0.459 e. The molecule has 1 aliphatic heterocycles. The van der Waals surface area contributed by atoms with E-state index in [1.165, 1.54) is 18.4 Å². The Balaban J connectivity index is 1.98. The Morgan fingerprint density at radius 2 is 2.05 bits per heavy atom. The molecular weight excluding hydrogens is 275 g/mol. The molecule has 2 heterocycles. The fourth-order valence-electron chi connectivity index (χ4n) is 1.74. The molecule has 1 aromatic rings.